The number of urea groups is 1. The van der Waals surface area contributed by atoms with Crippen LogP contribution in [0.1, 0.15) is 47.9 Å². The highest BCUT2D eigenvalue weighted by molar-refractivity contribution is 7.09. The van der Waals surface area contributed by atoms with E-state index in [2.05, 4.69) is 10.3 Å². The fraction of sp³-hybridized carbons (Fsp3) is 0.529. The molecular weight excluding hydrogens is 326 g/mol. The number of likely N-dealkylation sites (tertiary alicyclic amines) is 1. The molecule has 2 atom stereocenters. The van der Waals surface area contributed by atoms with E-state index in [1.54, 1.807) is 24.6 Å². The Morgan fingerprint density at radius 3 is 3.08 bits per heavy atom. The number of nitrogens with one attached hydrogen (secondary N) is 1. The molecule has 0 bridgehead atoms. The molecule has 3 heterocycles. The standard InChI is InChI=1S/C17H23N3O3S/c1-12-6-7-15(23-12)13(11-22-2)19-17(21)20-9-4-3-5-14(20)16-18-8-10-24-16/h6-8,10,13-14H,3-5,9,11H2,1-2H3,(H,19,21)/t13-,14-/m0/s1. The minimum atomic E-state index is -0.296. The summed E-state index contributed by atoms with van der Waals surface area (Å²) >= 11 is 1.60. The van der Waals surface area contributed by atoms with E-state index in [0.717, 1.165) is 36.6 Å². The topological polar surface area (TPSA) is 67.6 Å². The van der Waals surface area contributed by atoms with Gasteiger partial charge in [-0.2, -0.15) is 0 Å². The molecule has 2 aromatic heterocycles. The van der Waals surface area contributed by atoms with Crippen molar-refractivity contribution in [3.8, 4) is 0 Å². The molecular formula is C17H23N3O3S. The molecule has 3 rings (SSSR count). The Kier molecular flexibility index (Phi) is 5.52. The molecule has 0 spiro atoms. The Hall–Kier alpha value is -1.86. The summed E-state index contributed by atoms with van der Waals surface area (Å²) in [6.07, 6.45) is 4.89. The normalized spacial score (nSPS) is 19.2. The molecule has 0 unspecified atom stereocenters. The van der Waals surface area contributed by atoms with Crippen molar-refractivity contribution in [2.45, 2.75) is 38.3 Å². The van der Waals surface area contributed by atoms with Crippen molar-refractivity contribution in [1.82, 2.24) is 15.2 Å². The van der Waals surface area contributed by atoms with Gasteiger partial charge in [-0.25, -0.2) is 9.78 Å². The average Bonchev–Trinajstić information content (AvgIpc) is 3.26. The van der Waals surface area contributed by atoms with Gasteiger partial charge in [-0.3, -0.25) is 0 Å². The second-order valence-corrected chi connectivity index (χ2v) is 6.91. The number of hydrogen-bond acceptors (Lipinski definition) is 5. The minimum absolute atomic E-state index is 0.0558. The number of piperidine rings is 1. The zero-order chi connectivity index (χ0) is 16.9. The first kappa shape index (κ1) is 17.0. The van der Waals surface area contributed by atoms with Crippen LogP contribution in [-0.2, 0) is 4.74 Å². The van der Waals surface area contributed by atoms with E-state index in [4.69, 9.17) is 9.15 Å². The summed E-state index contributed by atoms with van der Waals surface area (Å²) in [5.41, 5.74) is 0. The zero-order valence-electron chi connectivity index (χ0n) is 14.0. The first-order valence-electron chi connectivity index (χ1n) is 8.21. The minimum Gasteiger partial charge on any atom is -0.464 e. The number of amides is 2. The maximum absolute atomic E-state index is 12.9. The second kappa shape index (κ2) is 7.81. The van der Waals surface area contributed by atoms with E-state index < -0.39 is 0 Å². The molecule has 0 saturated carbocycles. The lowest BCUT2D eigenvalue weighted by atomic mass is 10.0. The Balaban J connectivity index is 1.73. The fourth-order valence-electron chi connectivity index (χ4n) is 3.06. The number of aromatic nitrogens is 1. The van der Waals surface area contributed by atoms with Crippen molar-refractivity contribution in [3.63, 3.8) is 0 Å². The van der Waals surface area contributed by atoms with Gasteiger partial charge in [0.25, 0.3) is 0 Å². The van der Waals surface area contributed by atoms with Crippen LogP contribution in [0.4, 0.5) is 4.79 Å². The summed E-state index contributed by atoms with van der Waals surface area (Å²) < 4.78 is 10.9. The first-order valence-corrected chi connectivity index (χ1v) is 9.09. The van der Waals surface area contributed by atoms with Crippen LogP contribution >= 0.6 is 11.3 Å². The molecule has 1 aliphatic heterocycles. The van der Waals surface area contributed by atoms with E-state index in [0.29, 0.717) is 12.4 Å². The number of nitrogens with zero attached hydrogens (tertiary/aromatic N) is 2. The molecule has 0 radical (unpaired) electrons. The van der Waals surface area contributed by atoms with Gasteiger partial charge in [-0.05, 0) is 38.3 Å². The second-order valence-electron chi connectivity index (χ2n) is 5.98. The maximum Gasteiger partial charge on any atom is 0.318 e. The monoisotopic (exact) mass is 349 g/mol. The van der Waals surface area contributed by atoms with E-state index in [9.17, 15) is 4.79 Å². The smallest absolute Gasteiger partial charge is 0.318 e. The van der Waals surface area contributed by atoms with Crippen LogP contribution in [0.2, 0.25) is 0 Å². The molecule has 1 saturated heterocycles. The van der Waals surface area contributed by atoms with E-state index in [1.165, 1.54) is 0 Å². The molecule has 0 aliphatic carbocycles. The molecule has 130 valence electrons. The average molecular weight is 349 g/mol. The number of hydrogen-bond donors (Lipinski definition) is 1. The largest absolute Gasteiger partial charge is 0.464 e. The highest BCUT2D eigenvalue weighted by Gasteiger charge is 2.31. The maximum atomic E-state index is 12.9. The first-order chi connectivity index (χ1) is 11.7. The Morgan fingerprint density at radius 1 is 1.54 bits per heavy atom. The molecule has 6 nitrogen and oxygen atoms in total. The Labute approximate surface area is 145 Å². The molecule has 1 aliphatic rings. The summed E-state index contributed by atoms with van der Waals surface area (Å²) in [5.74, 6) is 1.53. The summed E-state index contributed by atoms with van der Waals surface area (Å²) in [6.45, 7) is 3.00. The number of carbonyl (C=O) groups is 1. The highest BCUT2D eigenvalue weighted by atomic mass is 32.1. The lowest BCUT2D eigenvalue weighted by Crippen LogP contribution is -2.46. The Bertz CT molecular complexity index is 656. The fourth-order valence-corrected chi connectivity index (χ4v) is 3.85. The van der Waals surface area contributed by atoms with Crippen molar-refractivity contribution in [2.24, 2.45) is 0 Å². The van der Waals surface area contributed by atoms with Gasteiger partial charge < -0.3 is 19.4 Å². The third-order valence-electron chi connectivity index (χ3n) is 4.24. The van der Waals surface area contributed by atoms with Crippen LogP contribution < -0.4 is 5.32 Å². The molecule has 0 aromatic carbocycles. The van der Waals surface area contributed by atoms with E-state index >= 15 is 0 Å². The van der Waals surface area contributed by atoms with Crippen LogP contribution in [0.15, 0.2) is 28.1 Å². The predicted molar refractivity (Wildman–Crippen MR) is 92.0 cm³/mol. The van der Waals surface area contributed by atoms with Gasteiger partial charge in [0.1, 0.15) is 22.6 Å². The number of methoxy groups -OCH3 is 1. The predicted octanol–water partition coefficient (Wildman–Crippen LogP) is 3.67. The summed E-state index contributed by atoms with van der Waals surface area (Å²) in [7, 11) is 1.62. The lowest BCUT2D eigenvalue weighted by Gasteiger charge is -2.35. The molecule has 7 heteroatoms. The van der Waals surface area contributed by atoms with Crippen LogP contribution in [0.3, 0.4) is 0 Å². The van der Waals surface area contributed by atoms with Crippen molar-refractivity contribution in [1.29, 1.82) is 0 Å². The lowest BCUT2D eigenvalue weighted by molar-refractivity contribution is 0.127. The Morgan fingerprint density at radius 2 is 2.42 bits per heavy atom. The van der Waals surface area contributed by atoms with Crippen LogP contribution in [0.5, 0.6) is 0 Å². The number of ether oxygens (including phenoxy) is 1. The van der Waals surface area contributed by atoms with Crippen LogP contribution in [-0.4, -0.2) is 36.2 Å². The number of aryl methyl sites for hydroxylation is 1. The number of thiazole rings is 1. The van der Waals surface area contributed by atoms with Gasteiger partial charge >= 0.3 is 6.03 Å². The highest BCUT2D eigenvalue weighted by Crippen LogP contribution is 2.32. The van der Waals surface area contributed by atoms with Gasteiger partial charge in [0.2, 0.25) is 0 Å². The quantitative estimate of drug-likeness (QED) is 0.894. The molecule has 1 fully saturated rings. The molecule has 2 amide bonds. The van der Waals surface area contributed by atoms with Gasteiger partial charge in [-0.15, -0.1) is 11.3 Å². The van der Waals surface area contributed by atoms with E-state index in [-0.39, 0.29) is 18.1 Å². The van der Waals surface area contributed by atoms with E-state index in [1.807, 2.05) is 29.3 Å². The van der Waals surface area contributed by atoms with Gasteiger partial charge in [-0.1, -0.05) is 0 Å². The van der Waals surface area contributed by atoms with Crippen molar-refractivity contribution in [3.05, 3.63) is 40.2 Å². The third-order valence-corrected chi connectivity index (χ3v) is 5.11. The third kappa shape index (κ3) is 3.79. The number of furan rings is 1. The zero-order valence-corrected chi connectivity index (χ0v) is 14.8. The summed E-state index contributed by atoms with van der Waals surface area (Å²) in [6, 6.07) is 3.44. The van der Waals surface area contributed by atoms with Crippen molar-refractivity contribution in [2.75, 3.05) is 20.3 Å². The van der Waals surface area contributed by atoms with Crippen molar-refractivity contribution >= 4 is 17.4 Å². The van der Waals surface area contributed by atoms with Gasteiger partial charge in [0.15, 0.2) is 0 Å². The SMILES string of the molecule is COC[C@H](NC(=O)N1CCCC[C@H]1c1nccs1)c1ccc(C)o1. The van der Waals surface area contributed by atoms with Gasteiger partial charge in [0, 0.05) is 25.2 Å². The summed E-state index contributed by atoms with van der Waals surface area (Å²) in [5, 5.41) is 6.01. The van der Waals surface area contributed by atoms with Crippen molar-refractivity contribution < 1.29 is 13.9 Å². The number of rotatable bonds is 5. The molecule has 24 heavy (non-hydrogen) atoms. The van der Waals surface area contributed by atoms with Gasteiger partial charge in [0.05, 0.1) is 12.6 Å². The molecule has 1 N–H and O–H groups in total. The number of carbonyl (C=O) groups excluding carboxylic acids is 1. The summed E-state index contributed by atoms with van der Waals surface area (Å²) in [4.78, 5) is 19.2. The van der Waals surface area contributed by atoms with Crippen LogP contribution in [0.25, 0.3) is 0 Å². The van der Waals surface area contributed by atoms with Crippen LogP contribution in [0, 0.1) is 6.92 Å². The molecule has 2 aromatic rings.